The van der Waals surface area contributed by atoms with Gasteiger partial charge in [-0.05, 0) is 32.9 Å². The Morgan fingerprint density at radius 1 is 0.952 bits per heavy atom. The van der Waals surface area contributed by atoms with Gasteiger partial charge < -0.3 is 9.64 Å². The van der Waals surface area contributed by atoms with Crippen molar-refractivity contribution in [2.45, 2.75) is 45.1 Å². The molecule has 21 heavy (non-hydrogen) atoms. The summed E-state index contributed by atoms with van der Waals surface area (Å²) in [5, 5.41) is 0. The number of hydrogen-bond donors (Lipinski definition) is 0. The lowest BCUT2D eigenvalue weighted by molar-refractivity contribution is 0.0590. The quantitative estimate of drug-likeness (QED) is 0.637. The van der Waals surface area contributed by atoms with Crippen LogP contribution in [0.3, 0.4) is 0 Å². The van der Waals surface area contributed by atoms with E-state index in [0.717, 1.165) is 25.8 Å². The molecule has 0 N–H and O–H groups in total. The maximum Gasteiger partial charge on any atom is 0.0593 e. The van der Waals surface area contributed by atoms with Crippen molar-refractivity contribution in [2.75, 3.05) is 66.1 Å². The molecule has 1 atom stereocenters. The average Bonchev–Trinajstić information content (AvgIpc) is 2.51. The summed E-state index contributed by atoms with van der Waals surface area (Å²) in [6.07, 6.45) is 6.63. The molecular weight excluding hydrogens is 262 g/mol. The van der Waals surface area contributed by atoms with Crippen LogP contribution in [0.25, 0.3) is 0 Å². The first-order chi connectivity index (χ1) is 10.3. The number of likely N-dealkylation sites (tertiary alicyclic amines) is 1. The minimum Gasteiger partial charge on any atom is -0.380 e. The van der Waals surface area contributed by atoms with Crippen molar-refractivity contribution in [2.24, 2.45) is 0 Å². The van der Waals surface area contributed by atoms with Crippen molar-refractivity contribution in [3.8, 4) is 0 Å². The van der Waals surface area contributed by atoms with Gasteiger partial charge in [0.15, 0.2) is 0 Å². The minimum absolute atomic E-state index is 0.794. The highest BCUT2D eigenvalue weighted by molar-refractivity contribution is 4.80. The van der Waals surface area contributed by atoms with E-state index < -0.39 is 0 Å². The standard InChI is InChI=1S/C17H35N3O/c1-3-4-14-21-15-13-19-9-11-20(12-10-19)16-17-7-5-6-8-18(17)2/h17H,3-16H2,1-2H3. The van der Waals surface area contributed by atoms with Gasteiger partial charge in [-0.1, -0.05) is 19.8 Å². The molecule has 2 rings (SSSR count). The van der Waals surface area contributed by atoms with Crippen LogP contribution in [0.1, 0.15) is 39.0 Å². The molecule has 1 unspecified atom stereocenters. The molecule has 2 fully saturated rings. The summed E-state index contributed by atoms with van der Waals surface area (Å²) in [4.78, 5) is 7.80. The number of nitrogens with zero attached hydrogens (tertiary/aromatic N) is 3. The molecule has 0 amide bonds. The molecule has 0 aromatic carbocycles. The molecule has 0 spiro atoms. The lowest BCUT2D eigenvalue weighted by Crippen LogP contribution is -2.52. The number of hydrogen-bond acceptors (Lipinski definition) is 4. The average molecular weight is 297 g/mol. The summed E-state index contributed by atoms with van der Waals surface area (Å²) in [6.45, 7) is 12.6. The first kappa shape index (κ1) is 17.2. The van der Waals surface area contributed by atoms with Crippen molar-refractivity contribution < 1.29 is 4.74 Å². The molecule has 2 heterocycles. The van der Waals surface area contributed by atoms with E-state index >= 15 is 0 Å². The Balaban J connectivity index is 1.55. The van der Waals surface area contributed by atoms with Gasteiger partial charge in [0.2, 0.25) is 0 Å². The maximum atomic E-state index is 5.68. The Morgan fingerprint density at radius 3 is 2.43 bits per heavy atom. The van der Waals surface area contributed by atoms with E-state index in [0.29, 0.717) is 0 Å². The molecule has 0 bridgehead atoms. The molecule has 2 saturated heterocycles. The summed E-state index contributed by atoms with van der Waals surface area (Å²) in [7, 11) is 2.30. The van der Waals surface area contributed by atoms with Crippen molar-refractivity contribution in [3.05, 3.63) is 0 Å². The largest absolute Gasteiger partial charge is 0.380 e. The Morgan fingerprint density at radius 2 is 1.71 bits per heavy atom. The Hall–Kier alpha value is -0.160. The molecule has 0 aliphatic carbocycles. The van der Waals surface area contributed by atoms with Gasteiger partial charge in [0, 0.05) is 51.9 Å². The number of unbranched alkanes of at least 4 members (excludes halogenated alkanes) is 1. The third-order valence-corrected chi connectivity index (χ3v) is 5.05. The van der Waals surface area contributed by atoms with E-state index in [1.54, 1.807) is 0 Å². The van der Waals surface area contributed by atoms with Crippen LogP contribution in [-0.2, 0) is 4.74 Å². The third-order valence-electron chi connectivity index (χ3n) is 5.05. The van der Waals surface area contributed by atoms with E-state index in [1.807, 2.05) is 0 Å². The summed E-state index contributed by atoms with van der Waals surface area (Å²) < 4.78 is 5.68. The van der Waals surface area contributed by atoms with Crippen LogP contribution in [0.2, 0.25) is 0 Å². The second kappa shape index (κ2) is 9.78. The number of piperazine rings is 1. The molecular formula is C17H35N3O. The van der Waals surface area contributed by atoms with E-state index in [1.165, 1.54) is 71.4 Å². The van der Waals surface area contributed by atoms with Gasteiger partial charge in [-0.2, -0.15) is 0 Å². The number of piperidine rings is 1. The zero-order valence-electron chi connectivity index (χ0n) is 14.2. The van der Waals surface area contributed by atoms with Crippen molar-refractivity contribution in [1.82, 2.24) is 14.7 Å². The van der Waals surface area contributed by atoms with Gasteiger partial charge in [0.25, 0.3) is 0 Å². The zero-order valence-corrected chi connectivity index (χ0v) is 14.2. The Kier molecular flexibility index (Phi) is 8.01. The van der Waals surface area contributed by atoms with Crippen molar-refractivity contribution >= 4 is 0 Å². The molecule has 0 radical (unpaired) electrons. The SMILES string of the molecule is CCCCOCCN1CCN(CC2CCCCN2C)CC1. The number of likely N-dealkylation sites (N-methyl/N-ethyl adjacent to an activating group) is 1. The highest BCUT2D eigenvalue weighted by atomic mass is 16.5. The summed E-state index contributed by atoms with van der Waals surface area (Å²) in [5.41, 5.74) is 0. The first-order valence-electron chi connectivity index (χ1n) is 9.02. The second-order valence-corrected chi connectivity index (χ2v) is 6.74. The van der Waals surface area contributed by atoms with E-state index in [-0.39, 0.29) is 0 Å². The van der Waals surface area contributed by atoms with E-state index in [4.69, 9.17) is 4.74 Å². The van der Waals surface area contributed by atoms with Gasteiger partial charge in [-0.25, -0.2) is 0 Å². The Labute approximate surface area is 131 Å². The fourth-order valence-electron chi connectivity index (χ4n) is 3.41. The molecule has 0 aromatic rings. The fourth-order valence-corrected chi connectivity index (χ4v) is 3.41. The van der Waals surface area contributed by atoms with Crippen LogP contribution in [0.4, 0.5) is 0 Å². The maximum absolute atomic E-state index is 5.68. The minimum atomic E-state index is 0.794. The van der Waals surface area contributed by atoms with Crippen LogP contribution in [0.5, 0.6) is 0 Å². The van der Waals surface area contributed by atoms with Crippen LogP contribution in [0.15, 0.2) is 0 Å². The van der Waals surface area contributed by atoms with Crippen molar-refractivity contribution in [3.63, 3.8) is 0 Å². The van der Waals surface area contributed by atoms with Crippen LogP contribution < -0.4 is 0 Å². The van der Waals surface area contributed by atoms with Gasteiger partial charge in [0.05, 0.1) is 6.61 Å². The van der Waals surface area contributed by atoms with Gasteiger partial charge in [0.1, 0.15) is 0 Å². The highest BCUT2D eigenvalue weighted by Crippen LogP contribution is 2.16. The lowest BCUT2D eigenvalue weighted by Gasteiger charge is -2.40. The number of rotatable bonds is 8. The first-order valence-corrected chi connectivity index (χ1v) is 9.02. The topological polar surface area (TPSA) is 19.0 Å². The van der Waals surface area contributed by atoms with E-state index in [9.17, 15) is 0 Å². The van der Waals surface area contributed by atoms with Crippen LogP contribution >= 0.6 is 0 Å². The van der Waals surface area contributed by atoms with Crippen LogP contribution in [-0.4, -0.2) is 86.8 Å². The zero-order chi connectivity index (χ0) is 14.9. The monoisotopic (exact) mass is 297 g/mol. The molecule has 124 valence electrons. The number of ether oxygens (including phenoxy) is 1. The molecule has 0 aromatic heterocycles. The summed E-state index contributed by atoms with van der Waals surface area (Å²) in [5.74, 6) is 0. The normalized spacial score (nSPS) is 26.3. The molecule has 4 nitrogen and oxygen atoms in total. The Bertz CT molecular complexity index is 267. The lowest BCUT2D eigenvalue weighted by atomic mass is 10.0. The summed E-state index contributed by atoms with van der Waals surface area (Å²) >= 11 is 0. The van der Waals surface area contributed by atoms with Gasteiger partial charge in [-0.3, -0.25) is 9.80 Å². The molecule has 2 aliphatic heterocycles. The smallest absolute Gasteiger partial charge is 0.0593 e. The van der Waals surface area contributed by atoms with Gasteiger partial charge in [-0.15, -0.1) is 0 Å². The molecule has 4 heteroatoms. The van der Waals surface area contributed by atoms with E-state index in [2.05, 4.69) is 28.7 Å². The van der Waals surface area contributed by atoms with Crippen LogP contribution in [0, 0.1) is 0 Å². The van der Waals surface area contributed by atoms with Crippen molar-refractivity contribution in [1.29, 1.82) is 0 Å². The second-order valence-electron chi connectivity index (χ2n) is 6.74. The summed E-state index contributed by atoms with van der Waals surface area (Å²) in [6, 6.07) is 0.794. The highest BCUT2D eigenvalue weighted by Gasteiger charge is 2.23. The predicted octanol–water partition coefficient (Wildman–Crippen LogP) is 1.91. The van der Waals surface area contributed by atoms with Gasteiger partial charge >= 0.3 is 0 Å². The fraction of sp³-hybridized carbons (Fsp3) is 1.00. The molecule has 2 aliphatic rings. The molecule has 0 saturated carbocycles. The predicted molar refractivity (Wildman–Crippen MR) is 88.9 cm³/mol. The third kappa shape index (κ3) is 6.23.